The second kappa shape index (κ2) is 6.97. The van der Waals surface area contributed by atoms with E-state index < -0.39 is 5.82 Å². The van der Waals surface area contributed by atoms with Gasteiger partial charge in [0.25, 0.3) is 0 Å². The molecule has 0 spiro atoms. The molecule has 0 aliphatic heterocycles. The van der Waals surface area contributed by atoms with E-state index in [1.165, 1.54) is 12.1 Å². The maximum Gasteiger partial charge on any atom is 0.230 e. The average molecular weight is 389 g/mol. The highest BCUT2D eigenvalue weighted by molar-refractivity contribution is 9.10. The van der Waals surface area contributed by atoms with Gasteiger partial charge in [0.2, 0.25) is 5.91 Å². The molecule has 0 fully saturated rings. The molecule has 2 aromatic carbocycles. The Morgan fingerprint density at radius 2 is 1.96 bits per heavy atom. The minimum absolute atomic E-state index is 0.00483. The predicted molar refractivity (Wildman–Crippen MR) is 93.1 cm³/mol. The molecule has 1 heterocycles. The van der Waals surface area contributed by atoms with Gasteiger partial charge in [-0.1, -0.05) is 50.9 Å². The fourth-order valence-corrected chi connectivity index (χ4v) is 2.53. The molecule has 0 atom stereocenters. The highest BCUT2D eigenvalue weighted by Crippen LogP contribution is 2.22. The first kappa shape index (κ1) is 16.4. The third kappa shape index (κ3) is 3.89. The molecule has 1 N–H and O–H groups in total. The fraction of sp³-hybridized carbons (Fsp3) is 0.111. The normalized spacial score (nSPS) is 10.6. The SMILES string of the molecule is Cc1ccc(-c2cc(CC(=O)Nc3ccc(Br)cc3F)no2)cc1. The summed E-state index contributed by atoms with van der Waals surface area (Å²) in [5.74, 6) is -0.272. The molecule has 1 amide bonds. The van der Waals surface area contributed by atoms with E-state index in [2.05, 4.69) is 26.4 Å². The van der Waals surface area contributed by atoms with Crippen LogP contribution in [0.5, 0.6) is 0 Å². The van der Waals surface area contributed by atoms with Crippen molar-refractivity contribution in [2.45, 2.75) is 13.3 Å². The molecule has 122 valence electrons. The number of rotatable bonds is 4. The summed E-state index contributed by atoms with van der Waals surface area (Å²) in [6.07, 6.45) is 0.00483. The van der Waals surface area contributed by atoms with E-state index in [4.69, 9.17) is 4.52 Å². The quantitative estimate of drug-likeness (QED) is 0.702. The Bertz CT molecular complexity index is 875. The largest absolute Gasteiger partial charge is 0.356 e. The molecule has 0 bridgehead atoms. The third-order valence-corrected chi connectivity index (χ3v) is 3.94. The second-order valence-corrected chi connectivity index (χ2v) is 6.31. The number of aromatic nitrogens is 1. The Kier molecular flexibility index (Phi) is 4.76. The number of amides is 1. The van der Waals surface area contributed by atoms with Crippen LogP contribution in [-0.2, 0) is 11.2 Å². The summed E-state index contributed by atoms with van der Waals surface area (Å²) in [5, 5.41) is 6.42. The lowest BCUT2D eigenvalue weighted by Crippen LogP contribution is -2.15. The van der Waals surface area contributed by atoms with Crippen LogP contribution >= 0.6 is 15.9 Å². The second-order valence-electron chi connectivity index (χ2n) is 5.40. The zero-order chi connectivity index (χ0) is 17.1. The van der Waals surface area contributed by atoms with Crippen LogP contribution in [0.1, 0.15) is 11.3 Å². The Balaban J connectivity index is 1.68. The standard InChI is InChI=1S/C18H14BrFN2O2/c1-11-2-4-12(5-3-11)17-9-14(22-24-17)10-18(23)21-16-7-6-13(19)8-15(16)20/h2-9H,10H2,1H3,(H,21,23). The van der Waals surface area contributed by atoms with Gasteiger partial charge in [0.15, 0.2) is 5.76 Å². The van der Waals surface area contributed by atoms with Crippen molar-refractivity contribution in [2.75, 3.05) is 5.32 Å². The van der Waals surface area contributed by atoms with Crippen LogP contribution in [0.3, 0.4) is 0 Å². The first-order valence-electron chi connectivity index (χ1n) is 7.29. The van der Waals surface area contributed by atoms with E-state index in [0.717, 1.165) is 11.1 Å². The third-order valence-electron chi connectivity index (χ3n) is 3.44. The van der Waals surface area contributed by atoms with Crippen molar-refractivity contribution in [1.29, 1.82) is 0 Å². The molecule has 3 rings (SSSR count). The molecule has 0 aliphatic carbocycles. The Labute approximate surface area is 146 Å². The van der Waals surface area contributed by atoms with Crippen LogP contribution in [0.25, 0.3) is 11.3 Å². The van der Waals surface area contributed by atoms with E-state index in [0.29, 0.717) is 15.9 Å². The van der Waals surface area contributed by atoms with Gasteiger partial charge in [0, 0.05) is 16.1 Å². The van der Waals surface area contributed by atoms with Crippen LogP contribution in [0.15, 0.2) is 57.5 Å². The number of anilines is 1. The number of aryl methyl sites for hydroxylation is 1. The lowest BCUT2D eigenvalue weighted by Gasteiger charge is -2.05. The van der Waals surface area contributed by atoms with Gasteiger partial charge in [-0.25, -0.2) is 4.39 Å². The number of halogens is 2. The minimum atomic E-state index is -0.502. The zero-order valence-electron chi connectivity index (χ0n) is 12.8. The average Bonchev–Trinajstić information content (AvgIpc) is 2.99. The van der Waals surface area contributed by atoms with Crippen LogP contribution in [-0.4, -0.2) is 11.1 Å². The van der Waals surface area contributed by atoms with Crippen molar-refractivity contribution in [3.8, 4) is 11.3 Å². The first-order chi connectivity index (χ1) is 11.5. The van der Waals surface area contributed by atoms with E-state index in [1.807, 2.05) is 31.2 Å². The zero-order valence-corrected chi connectivity index (χ0v) is 14.4. The number of carbonyl (C=O) groups is 1. The summed E-state index contributed by atoms with van der Waals surface area (Å²) in [6, 6.07) is 14.0. The van der Waals surface area contributed by atoms with Gasteiger partial charge in [-0.05, 0) is 25.1 Å². The Morgan fingerprint density at radius 1 is 1.21 bits per heavy atom. The number of nitrogens with zero attached hydrogens (tertiary/aromatic N) is 1. The van der Waals surface area contributed by atoms with Gasteiger partial charge in [-0.15, -0.1) is 0 Å². The molecule has 4 nitrogen and oxygen atoms in total. The van der Waals surface area contributed by atoms with Gasteiger partial charge in [-0.2, -0.15) is 0 Å². The molecule has 0 aliphatic rings. The molecular weight excluding hydrogens is 375 g/mol. The van der Waals surface area contributed by atoms with Crippen LogP contribution in [0.4, 0.5) is 10.1 Å². The molecular formula is C18H14BrFN2O2. The van der Waals surface area contributed by atoms with Crippen molar-refractivity contribution in [3.05, 3.63) is 70.1 Å². The van der Waals surface area contributed by atoms with Crippen molar-refractivity contribution in [3.63, 3.8) is 0 Å². The molecule has 1 aromatic heterocycles. The van der Waals surface area contributed by atoms with Crippen molar-refractivity contribution >= 4 is 27.5 Å². The monoisotopic (exact) mass is 388 g/mol. The highest BCUT2D eigenvalue weighted by atomic mass is 79.9. The lowest BCUT2D eigenvalue weighted by atomic mass is 10.1. The van der Waals surface area contributed by atoms with Gasteiger partial charge >= 0.3 is 0 Å². The number of hydrogen-bond donors (Lipinski definition) is 1. The van der Waals surface area contributed by atoms with Crippen LogP contribution in [0.2, 0.25) is 0 Å². The maximum atomic E-state index is 13.7. The van der Waals surface area contributed by atoms with Gasteiger partial charge in [0.05, 0.1) is 17.8 Å². The Hall–Kier alpha value is -2.47. The fourth-order valence-electron chi connectivity index (χ4n) is 2.20. The predicted octanol–water partition coefficient (Wildman–Crippen LogP) is 4.73. The minimum Gasteiger partial charge on any atom is -0.356 e. The van der Waals surface area contributed by atoms with E-state index in [1.54, 1.807) is 12.1 Å². The van der Waals surface area contributed by atoms with Crippen LogP contribution < -0.4 is 5.32 Å². The summed E-state index contributed by atoms with van der Waals surface area (Å²) in [6.45, 7) is 2.00. The van der Waals surface area contributed by atoms with Gasteiger partial charge < -0.3 is 9.84 Å². The molecule has 0 unspecified atom stereocenters. The Morgan fingerprint density at radius 3 is 2.67 bits per heavy atom. The summed E-state index contributed by atoms with van der Waals surface area (Å²) in [5.41, 5.74) is 2.65. The van der Waals surface area contributed by atoms with Crippen molar-refractivity contribution < 1.29 is 13.7 Å². The van der Waals surface area contributed by atoms with Crippen molar-refractivity contribution in [1.82, 2.24) is 5.16 Å². The summed E-state index contributed by atoms with van der Waals surface area (Å²) in [7, 11) is 0. The summed E-state index contributed by atoms with van der Waals surface area (Å²) < 4.78 is 19.6. The molecule has 0 saturated heterocycles. The maximum absolute atomic E-state index is 13.7. The topological polar surface area (TPSA) is 55.1 Å². The number of benzene rings is 2. The van der Waals surface area contributed by atoms with Crippen molar-refractivity contribution in [2.24, 2.45) is 0 Å². The number of carbonyl (C=O) groups excluding carboxylic acids is 1. The molecule has 0 saturated carbocycles. The number of hydrogen-bond acceptors (Lipinski definition) is 3. The highest BCUT2D eigenvalue weighted by Gasteiger charge is 2.12. The number of nitrogens with one attached hydrogen (secondary N) is 1. The summed E-state index contributed by atoms with van der Waals surface area (Å²) in [4.78, 5) is 12.0. The van der Waals surface area contributed by atoms with Gasteiger partial charge in [0.1, 0.15) is 5.82 Å². The molecule has 24 heavy (non-hydrogen) atoms. The smallest absolute Gasteiger partial charge is 0.230 e. The molecule has 6 heteroatoms. The summed E-state index contributed by atoms with van der Waals surface area (Å²) >= 11 is 3.17. The van der Waals surface area contributed by atoms with E-state index in [9.17, 15) is 9.18 Å². The van der Waals surface area contributed by atoms with Gasteiger partial charge in [-0.3, -0.25) is 4.79 Å². The molecule has 0 radical (unpaired) electrons. The van der Waals surface area contributed by atoms with Crippen LogP contribution in [0, 0.1) is 12.7 Å². The van der Waals surface area contributed by atoms with E-state index in [-0.39, 0.29) is 18.0 Å². The van der Waals surface area contributed by atoms with E-state index >= 15 is 0 Å². The lowest BCUT2D eigenvalue weighted by molar-refractivity contribution is -0.115. The first-order valence-corrected chi connectivity index (χ1v) is 8.08. The molecule has 3 aromatic rings.